The lowest BCUT2D eigenvalue weighted by Gasteiger charge is -2.37. The smallest absolute Gasteiger partial charge is 0.194 e. The Morgan fingerprint density at radius 1 is 1.08 bits per heavy atom. The number of para-hydroxylation sites is 2. The molecule has 1 aliphatic heterocycles. The monoisotopic (exact) mass is 338 g/mol. The summed E-state index contributed by atoms with van der Waals surface area (Å²) in [6.45, 7) is 6.36. The highest BCUT2D eigenvalue weighted by molar-refractivity contribution is 5.80. The van der Waals surface area contributed by atoms with Crippen LogP contribution in [-0.4, -0.2) is 49.2 Å². The minimum Gasteiger partial charge on any atom is -0.506 e. The predicted molar refractivity (Wildman–Crippen MR) is 103 cm³/mol. The molecule has 0 saturated carbocycles. The molecule has 1 heterocycles. The molecule has 0 radical (unpaired) electrons. The zero-order valence-corrected chi connectivity index (χ0v) is 14.9. The standard InChI is InChI=1S/C20H26N4O/c1-16-6-5-7-17(14-16)15-22-20(21-2)24-12-10-23(11-13-24)18-8-3-4-9-19(18)25/h3-9,14,25H,10-13,15H2,1-2H3,(H,21,22). The number of rotatable bonds is 3. The Morgan fingerprint density at radius 3 is 2.52 bits per heavy atom. The average Bonchev–Trinajstić information content (AvgIpc) is 2.63. The van der Waals surface area contributed by atoms with Gasteiger partial charge in [-0.3, -0.25) is 4.99 Å². The first-order valence-corrected chi connectivity index (χ1v) is 8.71. The van der Waals surface area contributed by atoms with Gasteiger partial charge in [-0.1, -0.05) is 42.0 Å². The number of benzene rings is 2. The number of hydrogen-bond donors (Lipinski definition) is 2. The Labute approximate surface area is 149 Å². The Morgan fingerprint density at radius 2 is 1.84 bits per heavy atom. The Kier molecular flexibility index (Phi) is 5.43. The van der Waals surface area contributed by atoms with Gasteiger partial charge in [0.1, 0.15) is 5.75 Å². The lowest BCUT2D eigenvalue weighted by atomic mass is 10.1. The van der Waals surface area contributed by atoms with E-state index in [1.807, 2.05) is 25.2 Å². The van der Waals surface area contributed by atoms with Gasteiger partial charge in [0.05, 0.1) is 5.69 Å². The van der Waals surface area contributed by atoms with Crippen molar-refractivity contribution in [2.75, 3.05) is 38.1 Å². The second-order valence-corrected chi connectivity index (χ2v) is 6.35. The number of aliphatic imine (C=N–C) groups is 1. The first kappa shape index (κ1) is 17.1. The first-order chi connectivity index (χ1) is 12.2. The van der Waals surface area contributed by atoms with Crippen molar-refractivity contribution < 1.29 is 5.11 Å². The Balaban J connectivity index is 1.56. The Hall–Kier alpha value is -2.69. The van der Waals surface area contributed by atoms with E-state index in [0.717, 1.165) is 44.4 Å². The van der Waals surface area contributed by atoms with Gasteiger partial charge in [-0.05, 0) is 24.6 Å². The number of aromatic hydroxyl groups is 1. The van der Waals surface area contributed by atoms with Crippen LogP contribution >= 0.6 is 0 Å². The number of hydrogen-bond acceptors (Lipinski definition) is 3. The van der Waals surface area contributed by atoms with E-state index in [2.05, 4.69) is 51.3 Å². The van der Waals surface area contributed by atoms with Crippen LogP contribution in [0.5, 0.6) is 5.75 Å². The second-order valence-electron chi connectivity index (χ2n) is 6.35. The van der Waals surface area contributed by atoms with Gasteiger partial charge in [0.15, 0.2) is 5.96 Å². The van der Waals surface area contributed by atoms with Crippen molar-refractivity contribution in [3.05, 3.63) is 59.7 Å². The van der Waals surface area contributed by atoms with E-state index in [4.69, 9.17) is 0 Å². The van der Waals surface area contributed by atoms with E-state index in [9.17, 15) is 5.11 Å². The van der Waals surface area contributed by atoms with Gasteiger partial charge in [0.25, 0.3) is 0 Å². The molecular weight excluding hydrogens is 312 g/mol. The van der Waals surface area contributed by atoms with Crippen LogP contribution in [0, 0.1) is 6.92 Å². The van der Waals surface area contributed by atoms with Crippen LogP contribution in [0.25, 0.3) is 0 Å². The topological polar surface area (TPSA) is 51.1 Å². The second kappa shape index (κ2) is 7.92. The van der Waals surface area contributed by atoms with Crippen molar-refractivity contribution in [3.63, 3.8) is 0 Å². The molecule has 0 atom stereocenters. The molecule has 0 aromatic heterocycles. The number of guanidine groups is 1. The summed E-state index contributed by atoms with van der Waals surface area (Å²) in [5.74, 6) is 1.27. The van der Waals surface area contributed by atoms with E-state index < -0.39 is 0 Å². The molecule has 0 bridgehead atoms. The summed E-state index contributed by atoms with van der Waals surface area (Å²) in [7, 11) is 1.83. The molecule has 2 N–H and O–H groups in total. The molecule has 5 nitrogen and oxygen atoms in total. The molecule has 1 fully saturated rings. The number of phenolic OH excluding ortho intramolecular Hbond substituents is 1. The maximum absolute atomic E-state index is 10.0. The molecule has 25 heavy (non-hydrogen) atoms. The normalized spacial score (nSPS) is 15.4. The summed E-state index contributed by atoms with van der Waals surface area (Å²) in [5.41, 5.74) is 3.43. The summed E-state index contributed by atoms with van der Waals surface area (Å²) < 4.78 is 0. The lowest BCUT2D eigenvalue weighted by Crippen LogP contribution is -2.52. The van der Waals surface area contributed by atoms with E-state index in [1.165, 1.54) is 11.1 Å². The molecule has 2 aromatic carbocycles. The maximum atomic E-state index is 10.0. The van der Waals surface area contributed by atoms with Gasteiger partial charge >= 0.3 is 0 Å². The van der Waals surface area contributed by atoms with E-state index in [-0.39, 0.29) is 0 Å². The third-order valence-electron chi connectivity index (χ3n) is 4.55. The summed E-state index contributed by atoms with van der Waals surface area (Å²) >= 11 is 0. The van der Waals surface area contributed by atoms with Crippen LogP contribution in [0.15, 0.2) is 53.5 Å². The molecule has 3 rings (SSSR count). The zero-order chi connectivity index (χ0) is 17.6. The first-order valence-electron chi connectivity index (χ1n) is 8.71. The molecule has 0 unspecified atom stereocenters. The highest BCUT2D eigenvalue weighted by Crippen LogP contribution is 2.27. The highest BCUT2D eigenvalue weighted by Gasteiger charge is 2.21. The van der Waals surface area contributed by atoms with E-state index in [0.29, 0.717) is 5.75 Å². The van der Waals surface area contributed by atoms with Crippen LogP contribution in [0.2, 0.25) is 0 Å². The Bertz CT molecular complexity index is 736. The van der Waals surface area contributed by atoms with Gasteiger partial charge < -0.3 is 20.2 Å². The molecule has 1 aliphatic rings. The predicted octanol–water partition coefficient (Wildman–Crippen LogP) is 2.60. The number of phenols is 1. The van der Waals surface area contributed by atoms with Crippen molar-refractivity contribution >= 4 is 11.6 Å². The van der Waals surface area contributed by atoms with Crippen molar-refractivity contribution in [2.45, 2.75) is 13.5 Å². The fourth-order valence-corrected chi connectivity index (χ4v) is 3.23. The van der Waals surface area contributed by atoms with Gasteiger partial charge in [0.2, 0.25) is 0 Å². The van der Waals surface area contributed by atoms with Gasteiger partial charge in [0, 0.05) is 39.8 Å². The zero-order valence-electron chi connectivity index (χ0n) is 14.9. The maximum Gasteiger partial charge on any atom is 0.194 e. The fourth-order valence-electron chi connectivity index (χ4n) is 3.23. The molecule has 0 amide bonds. The lowest BCUT2D eigenvalue weighted by molar-refractivity contribution is 0.369. The number of piperazine rings is 1. The number of aryl methyl sites for hydroxylation is 1. The highest BCUT2D eigenvalue weighted by atomic mass is 16.3. The minimum atomic E-state index is 0.345. The molecule has 5 heteroatoms. The SMILES string of the molecule is CN=C(NCc1cccc(C)c1)N1CCN(c2ccccc2O)CC1. The third-order valence-corrected chi connectivity index (χ3v) is 4.55. The quantitative estimate of drug-likeness (QED) is 0.667. The van der Waals surface area contributed by atoms with E-state index in [1.54, 1.807) is 6.07 Å². The summed E-state index contributed by atoms with van der Waals surface area (Å²) in [6.07, 6.45) is 0. The fraction of sp³-hybridized carbons (Fsp3) is 0.350. The summed E-state index contributed by atoms with van der Waals surface area (Å²) in [6, 6.07) is 16.0. The molecule has 0 spiro atoms. The van der Waals surface area contributed by atoms with Gasteiger partial charge in [-0.2, -0.15) is 0 Å². The molecule has 132 valence electrons. The van der Waals surface area contributed by atoms with Crippen molar-refractivity contribution in [2.24, 2.45) is 4.99 Å². The number of nitrogens with one attached hydrogen (secondary N) is 1. The van der Waals surface area contributed by atoms with Crippen molar-refractivity contribution in [3.8, 4) is 5.75 Å². The van der Waals surface area contributed by atoms with Crippen molar-refractivity contribution in [1.82, 2.24) is 10.2 Å². The van der Waals surface area contributed by atoms with Crippen LogP contribution in [0.3, 0.4) is 0 Å². The molecule has 1 saturated heterocycles. The largest absolute Gasteiger partial charge is 0.506 e. The van der Waals surface area contributed by atoms with Crippen LogP contribution in [0.1, 0.15) is 11.1 Å². The van der Waals surface area contributed by atoms with Crippen LogP contribution in [0.4, 0.5) is 5.69 Å². The van der Waals surface area contributed by atoms with Gasteiger partial charge in [-0.15, -0.1) is 0 Å². The molecule has 0 aliphatic carbocycles. The van der Waals surface area contributed by atoms with Crippen LogP contribution < -0.4 is 10.2 Å². The number of nitrogens with zero attached hydrogens (tertiary/aromatic N) is 3. The molecular formula is C20H26N4O. The van der Waals surface area contributed by atoms with E-state index >= 15 is 0 Å². The minimum absolute atomic E-state index is 0.345. The molecule has 2 aromatic rings. The summed E-state index contributed by atoms with van der Waals surface area (Å²) in [5, 5.41) is 13.5. The van der Waals surface area contributed by atoms with Gasteiger partial charge in [-0.25, -0.2) is 0 Å². The number of anilines is 1. The summed E-state index contributed by atoms with van der Waals surface area (Å²) in [4.78, 5) is 8.92. The average molecular weight is 338 g/mol. The third kappa shape index (κ3) is 4.24. The van der Waals surface area contributed by atoms with Crippen LogP contribution in [-0.2, 0) is 6.54 Å². The van der Waals surface area contributed by atoms with Crippen molar-refractivity contribution in [1.29, 1.82) is 0 Å².